The number of anilines is 1. The smallest absolute Gasteiger partial charge is 0.0663 e. The molecule has 3 heteroatoms. The Bertz CT molecular complexity index is 364. The van der Waals surface area contributed by atoms with E-state index in [1.807, 2.05) is 30.3 Å². The minimum Gasteiger partial charge on any atom is -0.398 e. The van der Waals surface area contributed by atoms with Gasteiger partial charge in [0.25, 0.3) is 0 Å². The Morgan fingerprint density at radius 3 is 3.00 bits per heavy atom. The Morgan fingerprint density at radius 1 is 1.54 bits per heavy atom. The lowest BCUT2D eigenvalue weighted by atomic mass is 10.1. The summed E-state index contributed by atoms with van der Waals surface area (Å²) in [7, 11) is 0. The molecule has 2 N–H and O–H groups in total. The first-order valence-corrected chi connectivity index (χ1v) is 4.62. The minimum absolute atomic E-state index is 0.409. The number of nitriles is 1. The maximum Gasteiger partial charge on any atom is 0.0663 e. The monoisotopic (exact) mass is 236 g/mol. The number of halogens is 1. The second-order valence-corrected chi connectivity index (χ2v) is 3.45. The molecule has 66 valence electrons. The van der Waals surface area contributed by atoms with Crippen LogP contribution in [0.4, 0.5) is 5.69 Å². The lowest BCUT2D eigenvalue weighted by Crippen LogP contribution is -1.88. The largest absolute Gasteiger partial charge is 0.398 e. The average molecular weight is 237 g/mol. The maximum absolute atomic E-state index is 8.33. The normalized spacial score (nSPS) is 10.2. The van der Waals surface area contributed by atoms with Gasteiger partial charge in [0.05, 0.1) is 12.5 Å². The molecule has 0 aliphatic rings. The van der Waals surface area contributed by atoms with E-state index < -0.39 is 0 Å². The van der Waals surface area contributed by atoms with E-state index in [4.69, 9.17) is 11.0 Å². The van der Waals surface area contributed by atoms with E-state index in [-0.39, 0.29) is 0 Å². The molecule has 0 aromatic heterocycles. The average Bonchev–Trinajstić information content (AvgIpc) is 2.11. The Hall–Kier alpha value is -1.27. The van der Waals surface area contributed by atoms with Gasteiger partial charge < -0.3 is 5.73 Å². The van der Waals surface area contributed by atoms with Crippen molar-refractivity contribution in [1.82, 2.24) is 0 Å². The van der Waals surface area contributed by atoms with Crippen LogP contribution in [0.3, 0.4) is 0 Å². The summed E-state index contributed by atoms with van der Waals surface area (Å²) in [5, 5.41) is 8.33. The molecule has 1 rings (SSSR count). The highest BCUT2D eigenvalue weighted by Crippen LogP contribution is 2.19. The van der Waals surface area contributed by atoms with Crippen LogP contribution in [0.5, 0.6) is 0 Å². The lowest BCUT2D eigenvalue weighted by Gasteiger charge is -1.99. The molecule has 1 aromatic carbocycles. The van der Waals surface area contributed by atoms with Crippen LogP contribution in [-0.4, -0.2) is 0 Å². The summed E-state index contributed by atoms with van der Waals surface area (Å²) in [5.41, 5.74) is 7.37. The van der Waals surface area contributed by atoms with Gasteiger partial charge in [-0.2, -0.15) is 5.26 Å². The summed E-state index contributed by atoms with van der Waals surface area (Å²) in [5.74, 6) is 0. The fourth-order valence-corrected chi connectivity index (χ4v) is 1.31. The molecule has 0 fully saturated rings. The third-order valence-corrected chi connectivity index (χ3v) is 2.05. The number of rotatable bonds is 2. The van der Waals surface area contributed by atoms with E-state index in [2.05, 4.69) is 15.9 Å². The van der Waals surface area contributed by atoms with E-state index in [0.29, 0.717) is 6.42 Å². The molecule has 0 aliphatic heterocycles. The first-order valence-electron chi connectivity index (χ1n) is 3.82. The van der Waals surface area contributed by atoms with Crippen LogP contribution in [0.1, 0.15) is 12.0 Å². The van der Waals surface area contributed by atoms with Crippen molar-refractivity contribution in [3.63, 3.8) is 0 Å². The van der Waals surface area contributed by atoms with Crippen molar-refractivity contribution in [3.05, 3.63) is 34.3 Å². The summed E-state index contributed by atoms with van der Waals surface area (Å²) in [6.07, 6.45) is 4.05. The van der Waals surface area contributed by atoms with Crippen molar-refractivity contribution < 1.29 is 0 Å². The van der Waals surface area contributed by atoms with Gasteiger partial charge in [0, 0.05) is 10.2 Å². The summed E-state index contributed by atoms with van der Waals surface area (Å²) in [6.45, 7) is 0. The summed E-state index contributed by atoms with van der Waals surface area (Å²) in [6, 6.07) is 7.67. The molecule has 1 aromatic rings. The number of nitrogen functional groups attached to an aromatic ring is 1. The Morgan fingerprint density at radius 2 is 2.31 bits per heavy atom. The summed E-state index contributed by atoms with van der Waals surface area (Å²) < 4.78 is 0.985. The molecule has 0 spiro atoms. The molecule has 0 saturated carbocycles. The Balaban J connectivity index is 2.88. The number of nitrogens with two attached hydrogens (primary N) is 1. The van der Waals surface area contributed by atoms with Gasteiger partial charge in [0.15, 0.2) is 0 Å². The second-order valence-electron chi connectivity index (χ2n) is 2.54. The maximum atomic E-state index is 8.33. The van der Waals surface area contributed by atoms with Gasteiger partial charge in [0.1, 0.15) is 0 Å². The number of allylic oxidation sites excluding steroid dienone is 1. The molecule has 0 atom stereocenters. The first-order chi connectivity index (χ1) is 6.24. The zero-order valence-corrected chi connectivity index (χ0v) is 8.58. The van der Waals surface area contributed by atoms with E-state index in [9.17, 15) is 0 Å². The summed E-state index contributed by atoms with van der Waals surface area (Å²) in [4.78, 5) is 0. The van der Waals surface area contributed by atoms with Crippen LogP contribution in [0.2, 0.25) is 0 Å². The molecule has 2 nitrogen and oxygen atoms in total. The minimum atomic E-state index is 0.409. The molecule has 0 radical (unpaired) electrons. The van der Waals surface area contributed by atoms with Gasteiger partial charge in [-0.15, -0.1) is 0 Å². The first kappa shape index (κ1) is 9.82. The molecule has 0 unspecified atom stereocenters. The third-order valence-electron chi connectivity index (χ3n) is 1.56. The molecule has 0 heterocycles. The van der Waals surface area contributed by atoms with Crippen LogP contribution >= 0.6 is 15.9 Å². The standard InChI is InChI=1S/C10H9BrN2/c11-9-4-5-10(13)8(7-9)3-1-2-6-12/h1,3-5,7H,2,13H2. The SMILES string of the molecule is N#CCC=Cc1cc(Br)ccc1N. The molecular formula is C10H9BrN2. The predicted molar refractivity (Wildman–Crippen MR) is 57.8 cm³/mol. The molecule has 0 amide bonds. The topological polar surface area (TPSA) is 49.8 Å². The van der Waals surface area contributed by atoms with E-state index >= 15 is 0 Å². The molecule has 0 aliphatic carbocycles. The van der Waals surface area contributed by atoms with Crippen molar-refractivity contribution >= 4 is 27.7 Å². The zero-order chi connectivity index (χ0) is 9.68. The van der Waals surface area contributed by atoms with Gasteiger partial charge in [-0.05, 0) is 23.8 Å². The van der Waals surface area contributed by atoms with Gasteiger partial charge in [-0.25, -0.2) is 0 Å². The van der Waals surface area contributed by atoms with E-state index in [0.717, 1.165) is 15.7 Å². The van der Waals surface area contributed by atoms with Gasteiger partial charge in [-0.3, -0.25) is 0 Å². The van der Waals surface area contributed by atoms with Crippen molar-refractivity contribution in [2.75, 3.05) is 5.73 Å². The van der Waals surface area contributed by atoms with Crippen LogP contribution in [0.25, 0.3) is 6.08 Å². The highest BCUT2D eigenvalue weighted by molar-refractivity contribution is 9.10. The third kappa shape index (κ3) is 2.92. The van der Waals surface area contributed by atoms with Crippen molar-refractivity contribution in [2.24, 2.45) is 0 Å². The van der Waals surface area contributed by atoms with Gasteiger partial charge >= 0.3 is 0 Å². The quantitative estimate of drug-likeness (QED) is 0.804. The van der Waals surface area contributed by atoms with Crippen LogP contribution in [-0.2, 0) is 0 Å². The van der Waals surface area contributed by atoms with Crippen LogP contribution in [0.15, 0.2) is 28.7 Å². The van der Waals surface area contributed by atoms with Crippen LogP contribution in [0, 0.1) is 11.3 Å². The molecule has 13 heavy (non-hydrogen) atoms. The fraction of sp³-hybridized carbons (Fsp3) is 0.100. The Labute approximate surface area is 85.8 Å². The van der Waals surface area contributed by atoms with Gasteiger partial charge in [0.2, 0.25) is 0 Å². The predicted octanol–water partition coefficient (Wildman–Crippen LogP) is 2.96. The highest BCUT2D eigenvalue weighted by atomic mass is 79.9. The lowest BCUT2D eigenvalue weighted by molar-refractivity contribution is 1.36. The molecular weight excluding hydrogens is 228 g/mol. The van der Waals surface area contributed by atoms with Crippen molar-refractivity contribution in [3.8, 4) is 6.07 Å². The number of benzene rings is 1. The zero-order valence-electron chi connectivity index (χ0n) is 7.00. The van der Waals surface area contributed by atoms with Gasteiger partial charge in [-0.1, -0.05) is 28.1 Å². The van der Waals surface area contributed by atoms with Crippen molar-refractivity contribution in [1.29, 1.82) is 5.26 Å². The van der Waals surface area contributed by atoms with E-state index in [1.54, 1.807) is 6.08 Å². The summed E-state index contributed by atoms with van der Waals surface area (Å²) >= 11 is 3.35. The van der Waals surface area contributed by atoms with Crippen molar-refractivity contribution in [2.45, 2.75) is 6.42 Å². The number of hydrogen-bond donors (Lipinski definition) is 1. The number of nitrogens with zero attached hydrogens (tertiary/aromatic N) is 1. The fourth-order valence-electron chi connectivity index (χ4n) is 0.929. The Kier molecular flexibility index (Phi) is 3.53. The highest BCUT2D eigenvalue weighted by Gasteiger charge is 1.94. The molecule has 0 saturated heterocycles. The second kappa shape index (κ2) is 4.68. The number of hydrogen-bond acceptors (Lipinski definition) is 2. The van der Waals surface area contributed by atoms with E-state index in [1.165, 1.54) is 0 Å². The van der Waals surface area contributed by atoms with Crippen LogP contribution < -0.4 is 5.73 Å². The molecule has 0 bridgehead atoms.